The molecule has 0 aromatic heterocycles. The van der Waals surface area contributed by atoms with Crippen LogP contribution in [0.5, 0.6) is 5.75 Å². The van der Waals surface area contributed by atoms with Crippen molar-refractivity contribution in [1.82, 2.24) is 5.32 Å². The van der Waals surface area contributed by atoms with Crippen LogP contribution in [-0.4, -0.2) is 18.9 Å². The van der Waals surface area contributed by atoms with Gasteiger partial charge >= 0.3 is 0 Å². The van der Waals surface area contributed by atoms with E-state index in [-0.39, 0.29) is 11.9 Å². The zero-order valence-corrected chi connectivity index (χ0v) is 10.3. The van der Waals surface area contributed by atoms with Gasteiger partial charge in [-0.1, -0.05) is 18.2 Å². The quantitative estimate of drug-likeness (QED) is 0.805. The van der Waals surface area contributed by atoms with Crippen molar-refractivity contribution < 1.29 is 9.53 Å². The van der Waals surface area contributed by atoms with Gasteiger partial charge in [0.1, 0.15) is 5.75 Å². The van der Waals surface area contributed by atoms with Gasteiger partial charge in [0, 0.05) is 17.9 Å². The SMILES string of the molecule is COc1ccccc1C(C)NC(=O)CCCl. The molecule has 0 saturated heterocycles. The second kappa shape index (κ2) is 6.38. The number of carbonyl (C=O) groups excluding carboxylic acids is 1. The van der Waals surface area contributed by atoms with Crippen LogP contribution in [0.25, 0.3) is 0 Å². The Bertz CT molecular complexity index is 355. The minimum atomic E-state index is -0.0770. The van der Waals surface area contributed by atoms with E-state index < -0.39 is 0 Å². The molecule has 1 aromatic rings. The van der Waals surface area contributed by atoms with Crippen LogP contribution in [0.2, 0.25) is 0 Å². The van der Waals surface area contributed by atoms with Crippen LogP contribution in [0.15, 0.2) is 24.3 Å². The summed E-state index contributed by atoms with van der Waals surface area (Å²) in [4.78, 5) is 11.4. The van der Waals surface area contributed by atoms with Gasteiger partial charge in [0.05, 0.1) is 13.2 Å². The highest BCUT2D eigenvalue weighted by Gasteiger charge is 2.12. The molecule has 1 N–H and O–H groups in total. The van der Waals surface area contributed by atoms with Crippen LogP contribution in [0.3, 0.4) is 0 Å². The van der Waals surface area contributed by atoms with Gasteiger partial charge < -0.3 is 10.1 Å². The first-order chi connectivity index (χ1) is 7.69. The lowest BCUT2D eigenvalue weighted by atomic mass is 10.1. The summed E-state index contributed by atoms with van der Waals surface area (Å²) in [5, 5.41) is 2.87. The molecule has 1 aromatic carbocycles. The van der Waals surface area contributed by atoms with Crippen molar-refractivity contribution in [2.24, 2.45) is 0 Å². The molecule has 4 heteroatoms. The monoisotopic (exact) mass is 241 g/mol. The summed E-state index contributed by atoms with van der Waals surface area (Å²) in [7, 11) is 1.62. The van der Waals surface area contributed by atoms with Gasteiger partial charge in [-0.3, -0.25) is 4.79 Å². The topological polar surface area (TPSA) is 38.3 Å². The minimum Gasteiger partial charge on any atom is -0.496 e. The summed E-state index contributed by atoms with van der Waals surface area (Å²) in [5.74, 6) is 1.07. The molecule has 0 radical (unpaired) electrons. The number of ether oxygens (including phenoxy) is 1. The zero-order valence-electron chi connectivity index (χ0n) is 9.50. The van der Waals surface area contributed by atoms with Crippen LogP contribution < -0.4 is 10.1 Å². The summed E-state index contributed by atoms with van der Waals surface area (Å²) < 4.78 is 5.23. The van der Waals surface area contributed by atoms with Crippen LogP contribution >= 0.6 is 11.6 Å². The Morgan fingerprint density at radius 1 is 1.50 bits per heavy atom. The Morgan fingerprint density at radius 3 is 2.81 bits per heavy atom. The number of hydrogen-bond donors (Lipinski definition) is 1. The van der Waals surface area contributed by atoms with Crippen LogP contribution in [0, 0.1) is 0 Å². The van der Waals surface area contributed by atoms with E-state index in [2.05, 4.69) is 5.32 Å². The van der Waals surface area contributed by atoms with E-state index in [0.717, 1.165) is 11.3 Å². The number of carbonyl (C=O) groups is 1. The van der Waals surface area contributed by atoms with Crippen molar-refractivity contribution in [3.05, 3.63) is 29.8 Å². The molecule has 0 spiro atoms. The predicted octanol–water partition coefficient (Wildman–Crippen LogP) is 2.50. The molecule has 0 aliphatic rings. The maximum atomic E-state index is 11.4. The summed E-state index contributed by atoms with van der Waals surface area (Å²) in [6.07, 6.45) is 0.334. The van der Waals surface area contributed by atoms with Gasteiger partial charge in [-0.15, -0.1) is 11.6 Å². The number of benzene rings is 1. The first-order valence-corrected chi connectivity index (χ1v) is 5.70. The van der Waals surface area contributed by atoms with Gasteiger partial charge in [0.2, 0.25) is 5.91 Å². The highest BCUT2D eigenvalue weighted by molar-refractivity contribution is 6.18. The van der Waals surface area contributed by atoms with E-state index in [1.54, 1.807) is 7.11 Å². The third-order valence-corrected chi connectivity index (χ3v) is 2.49. The number of amides is 1. The van der Waals surface area contributed by atoms with E-state index in [0.29, 0.717) is 12.3 Å². The average Bonchev–Trinajstić information content (AvgIpc) is 2.29. The fourth-order valence-electron chi connectivity index (χ4n) is 1.50. The number of para-hydroxylation sites is 1. The summed E-state index contributed by atoms with van der Waals surface area (Å²) in [6, 6.07) is 7.55. The van der Waals surface area contributed by atoms with E-state index >= 15 is 0 Å². The molecule has 0 heterocycles. The molecule has 16 heavy (non-hydrogen) atoms. The molecule has 1 unspecified atom stereocenters. The lowest BCUT2D eigenvalue weighted by Crippen LogP contribution is -2.26. The maximum Gasteiger partial charge on any atom is 0.221 e. The van der Waals surface area contributed by atoms with Crippen LogP contribution in [-0.2, 0) is 4.79 Å². The zero-order chi connectivity index (χ0) is 12.0. The Kier molecular flexibility index (Phi) is 5.12. The van der Waals surface area contributed by atoms with E-state index in [1.165, 1.54) is 0 Å². The van der Waals surface area contributed by atoms with Gasteiger partial charge in [-0.2, -0.15) is 0 Å². The molecule has 1 atom stereocenters. The fraction of sp³-hybridized carbons (Fsp3) is 0.417. The summed E-state index contributed by atoms with van der Waals surface area (Å²) >= 11 is 5.50. The molecule has 0 aliphatic heterocycles. The van der Waals surface area contributed by atoms with Gasteiger partial charge in [-0.05, 0) is 13.0 Å². The Hall–Kier alpha value is -1.22. The van der Waals surface area contributed by atoms with Crippen molar-refractivity contribution in [2.45, 2.75) is 19.4 Å². The second-order valence-corrected chi connectivity index (χ2v) is 3.85. The third-order valence-electron chi connectivity index (χ3n) is 2.30. The third kappa shape index (κ3) is 3.42. The minimum absolute atomic E-state index is 0.0478. The van der Waals surface area contributed by atoms with E-state index in [9.17, 15) is 4.79 Å². The number of methoxy groups -OCH3 is 1. The van der Waals surface area contributed by atoms with Crippen molar-refractivity contribution >= 4 is 17.5 Å². The highest BCUT2D eigenvalue weighted by atomic mass is 35.5. The summed E-state index contributed by atoms with van der Waals surface area (Å²) in [6.45, 7) is 1.92. The number of alkyl halides is 1. The highest BCUT2D eigenvalue weighted by Crippen LogP contribution is 2.24. The maximum absolute atomic E-state index is 11.4. The van der Waals surface area contributed by atoms with Crippen LogP contribution in [0.4, 0.5) is 0 Å². The van der Waals surface area contributed by atoms with Crippen molar-refractivity contribution in [2.75, 3.05) is 13.0 Å². The Balaban J connectivity index is 2.72. The molecule has 88 valence electrons. The lowest BCUT2D eigenvalue weighted by molar-refractivity contribution is -0.121. The molecule has 0 aliphatic carbocycles. The molecule has 3 nitrogen and oxygen atoms in total. The molecular formula is C12H16ClNO2. The number of nitrogens with one attached hydrogen (secondary N) is 1. The van der Waals surface area contributed by atoms with Crippen molar-refractivity contribution in [3.63, 3.8) is 0 Å². The van der Waals surface area contributed by atoms with Gasteiger partial charge in [0.15, 0.2) is 0 Å². The van der Waals surface area contributed by atoms with Crippen molar-refractivity contribution in [3.8, 4) is 5.75 Å². The first-order valence-electron chi connectivity index (χ1n) is 5.17. The van der Waals surface area contributed by atoms with Crippen LogP contribution in [0.1, 0.15) is 24.9 Å². The smallest absolute Gasteiger partial charge is 0.221 e. The molecule has 1 amide bonds. The molecule has 1 rings (SSSR count). The Labute approximate surface area is 101 Å². The standard InChI is InChI=1S/C12H16ClNO2/c1-9(14-12(15)7-8-13)10-5-3-4-6-11(10)16-2/h3-6,9H,7-8H2,1-2H3,(H,14,15). The number of halogens is 1. The first kappa shape index (κ1) is 12.8. The lowest BCUT2D eigenvalue weighted by Gasteiger charge is -2.16. The Morgan fingerprint density at radius 2 is 2.19 bits per heavy atom. The fourth-order valence-corrected chi connectivity index (χ4v) is 1.67. The van der Waals surface area contributed by atoms with E-state index in [1.807, 2.05) is 31.2 Å². The molecular weight excluding hydrogens is 226 g/mol. The number of rotatable bonds is 5. The average molecular weight is 242 g/mol. The molecule has 0 bridgehead atoms. The largest absolute Gasteiger partial charge is 0.496 e. The van der Waals surface area contributed by atoms with Gasteiger partial charge in [-0.25, -0.2) is 0 Å². The molecule has 0 fully saturated rings. The van der Waals surface area contributed by atoms with E-state index in [4.69, 9.17) is 16.3 Å². The predicted molar refractivity (Wildman–Crippen MR) is 64.9 cm³/mol. The summed E-state index contributed by atoms with van der Waals surface area (Å²) in [5.41, 5.74) is 0.966. The molecule has 0 saturated carbocycles. The van der Waals surface area contributed by atoms with Crippen molar-refractivity contribution in [1.29, 1.82) is 0 Å². The normalized spacial score (nSPS) is 11.9. The second-order valence-electron chi connectivity index (χ2n) is 3.47. The number of hydrogen-bond acceptors (Lipinski definition) is 2. The van der Waals surface area contributed by atoms with Gasteiger partial charge in [0.25, 0.3) is 0 Å².